The summed E-state index contributed by atoms with van der Waals surface area (Å²) in [6.07, 6.45) is 4.00. The monoisotopic (exact) mass is 539 g/mol. The van der Waals surface area contributed by atoms with Crippen molar-refractivity contribution in [2.24, 2.45) is 5.92 Å². The third-order valence-electron chi connectivity index (χ3n) is 6.37. The molecule has 0 radical (unpaired) electrons. The minimum atomic E-state index is -0.514. The standard InChI is InChI=1S/C26H33N7O4S/c1-5-36-26(35)29-12-14(2)37-20-10-18(28)16(11-27)8-19(20)32-23-22-17-7-6-15(25(34)33(3)4)9-21(17)38-24(22)31-13-30-23/h8,10-11,13-15,27H,5-7,9,12,28H2,1-4H3,(H,29,35)(H,30,31,32). The van der Waals surface area contributed by atoms with Crippen LogP contribution >= 0.6 is 11.3 Å². The summed E-state index contributed by atoms with van der Waals surface area (Å²) in [7, 11) is 3.58. The number of carbonyl (C=O) groups excluding carboxylic acids is 2. The number of aryl methyl sites for hydroxylation is 1. The smallest absolute Gasteiger partial charge is 0.407 e. The van der Waals surface area contributed by atoms with Crippen molar-refractivity contribution in [3.05, 3.63) is 34.5 Å². The molecule has 2 unspecified atom stereocenters. The van der Waals surface area contributed by atoms with Gasteiger partial charge in [0, 0.05) is 48.4 Å². The van der Waals surface area contributed by atoms with Gasteiger partial charge in [0.2, 0.25) is 5.91 Å². The number of hydrogen-bond donors (Lipinski definition) is 4. The summed E-state index contributed by atoms with van der Waals surface area (Å²) in [5, 5.41) is 14.7. The van der Waals surface area contributed by atoms with Crippen LogP contribution in [-0.4, -0.2) is 66.4 Å². The highest BCUT2D eigenvalue weighted by atomic mass is 32.1. The van der Waals surface area contributed by atoms with E-state index in [-0.39, 0.29) is 25.0 Å². The van der Waals surface area contributed by atoms with Crippen molar-refractivity contribution < 1.29 is 19.1 Å². The first-order valence-corrected chi connectivity index (χ1v) is 13.3. The van der Waals surface area contributed by atoms with Crippen molar-refractivity contribution in [1.29, 1.82) is 5.41 Å². The molecule has 0 saturated carbocycles. The van der Waals surface area contributed by atoms with Gasteiger partial charge in [-0.15, -0.1) is 11.3 Å². The fourth-order valence-corrected chi connectivity index (χ4v) is 5.78. The molecule has 0 spiro atoms. The van der Waals surface area contributed by atoms with Gasteiger partial charge in [-0.25, -0.2) is 14.8 Å². The zero-order valence-electron chi connectivity index (χ0n) is 22.0. The second-order valence-corrected chi connectivity index (χ2v) is 10.4. The summed E-state index contributed by atoms with van der Waals surface area (Å²) in [4.78, 5) is 36.9. The molecule has 0 fully saturated rings. The number of carbonyl (C=O) groups is 2. The van der Waals surface area contributed by atoms with Crippen molar-refractivity contribution in [1.82, 2.24) is 20.2 Å². The fraction of sp³-hybridized carbons (Fsp3) is 0.423. The molecule has 5 N–H and O–H groups in total. The molecule has 2 atom stereocenters. The molecule has 3 aromatic rings. The first-order chi connectivity index (χ1) is 18.2. The Morgan fingerprint density at radius 2 is 2.13 bits per heavy atom. The number of anilines is 3. The number of hydrogen-bond acceptors (Lipinski definition) is 10. The minimum Gasteiger partial charge on any atom is -0.487 e. The highest BCUT2D eigenvalue weighted by Crippen LogP contribution is 2.42. The Morgan fingerprint density at radius 3 is 2.84 bits per heavy atom. The van der Waals surface area contributed by atoms with Gasteiger partial charge in [-0.1, -0.05) is 0 Å². The van der Waals surface area contributed by atoms with Crippen molar-refractivity contribution in [3.8, 4) is 5.75 Å². The van der Waals surface area contributed by atoms with E-state index in [1.807, 2.05) is 6.92 Å². The van der Waals surface area contributed by atoms with Crippen LogP contribution in [0.2, 0.25) is 0 Å². The molecule has 0 bridgehead atoms. The Hall–Kier alpha value is -3.93. The Morgan fingerprint density at radius 1 is 1.34 bits per heavy atom. The Kier molecular flexibility index (Phi) is 8.30. The molecule has 11 nitrogen and oxygen atoms in total. The third kappa shape index (κ3) is 5.80. The Balaban J connectivity index is 1.64. The number of nitrogens with one attached hydrogen (secondary N) is 3. The quantitative estimate of drug-likeness (QED) is 0.237. The lowest BCUT2D eigenvalue weighted by Gasteiger charge is -2.24. The van der Waals surface area contributed by atoms with E-state index in [1.54, 1.807) is 49.4 Å². The Bertz CT molecular complexity index is 1360. The van der Waals surface area contributed by atoms with Gasteiger partial charge in [0.15, 0.2) is 0 Å². The van der Waals surface area contributed by atoms with Crippen LogP contribution in [0.25, 0.3) is 10.2 Å². The summed E-state index contributed by atoms with van der Waals surface area (Å²) in [5.74, 6) is 1.19. The lowest BCUT2D eigenvalue weighted by Crippen LogP contribution is -2.34. The molecule has 0 saturated heterocycles. The van der Waals surface area contributed by atoms with E-state index in [0.717, 1.165) is 33.5 Å². The molecule has 2 amide bonds. The number of thiophene rings is 1. The van der Waals surface area contributed by atoms with Gasteiger partial charge in [-0.05, 0) is 44.7 Å². The van der Waals surface area contributed by atoms with E-state index in [0.29, 0.717) is 34.9 Å². The van der Waals surface area contributed by atoms with Gasteiger partial charge in [-0.3, -0.25) is 4.79 Å². The first kappa shape index (κ1) is 27.1. The van der Waals surface area contributed by atoms with Crippen LogP contribution in [0.5, 0.6) is 5.75 Å². The maximum Gasteiger partial charge on any atom is 0.407 e. The lowest BCUT2D eigenvalue weighted by molar-refractivity contribution is -0.133. The number of benzene rings is 1. The third-order valence-corrected chi connectivity index (χ3v) is 7.53. The van der Waals surface area contributed by atoms with E-state index in [4.69, 9.17) is 20.6 Å². The molecular weight excluding hydrogens is 506 g/mol. The second kappa shape index (κ2) is 11.6. The summed E-state index contributed by atoms with van der Waals surface area (Å²) < 4.78 is 11.0. The van der Waals surface area contributed by atoms with Crippen molar-refractivity contribution in [3.63, 3.8) is 0 Å². The number of rotatable bonds is 9. The lowest BCUT2D eigenvalue weighted by atomic mass is 9.87. The number of amides is 2. The molecule has 1 aliphatic rings. The largest absolute Gasteiger partial charge is 0.487 e. The topological polar surface area (TPSA) is 156 Å². The molecule has 38 heavy (non-hydrogen) atoms. The maximum atomic E-state index is 12.6. The molecule has 12 heteroatoms. The fourth-order valence-electron chi connectivity index (χ4n) is 4.51. The van der Waals surface area contributed by atoms with E-state index in [1.165, 1.54) is 12.5 Å². The molecule has 0 aliphatic heterocycles. The maximum absolute atomic E-state index is 12.6. The van der Waals surface area contributed by atoms with E-state index < -0.39 is 12.2 Å². The normalized spacial score (nSPS) is 15.3. The summed E-state index contributed by atoms with van der Waals surface area (Å²) in [6.45, 7) is 4.07. The molecule has 4 rings (SSSR count). The zero-order valence-corrected chi connectivity index (χ0v) is 22.8. The highest BCUT2D eigenvalue weighted by Gasteiger charge is 2.30. The second-order valence-electron chi connectivity index (χ2n) is 9.36. The number of nitrogens with zero attached hydrogens (tertiary/aromatic N) is 3. The molecule has 202 valence electrons. The van der Waals surface area contributed by atoms with Gasteiger partial charge in [0.05, 0.1) is 24.2 Å². The van der Waals surface area contributed by atoms with Gasteiger partial charge in [-0.2, -0.15) is 0 Å². The van der Waals surface area contributed by atoms with Crippen molar-refractivity contribution in [2.45, 2.75) is 39.2 Å². The van der Waals surface area contributed by atoms with Crippen LogP contribution in [0.4, 0.5) is 22.0 Å². The van der Waals surface area contributed by atoms with Crippen LogP contribution in [0.15, 0.2) is 18.5 Å². The molecular formula is C26H33N7O4S. The predicted octanol–water partition coefficient (Wildman–Crippen LogP) is 3.72. The van der Waals surface area contributed by atoms with Gasteiger partial charge < -0.3 is 36.2 Å². The molecule has 1 aliphatic carbocycles. The first-order valence-electron chi connectivity index (χ1n) is 12.5. The van der Waals surface area contributed by atoms with Gasteiger partial charge in [0.25, 0.3) is 0 Å². The van der Waals surface area contributed by atoms with E-state index in [9.17, 15) is 9.59 Å². The number of alkyl carbamates (subject to hydrolysis) is 1. The highest BCUT2D eigenvalue weighted by molar-refractivity contribution is 7.19. The molecule has 2 heterocycles. The summed E-state index contributed by atoms with van der Waals surface area (Å²) >= 11 is 1.59. The number of ether oxygens (including phenoxy) is 2. The van der Waals surface area contributed by atoms with Crippen LogP contribution in [-0.2, 0) is 22.4 Å². The van der Waals surface area contributed by atoms with Crippen LogP contribution in [0, 0.1) is 11.3 Å². The van der Waals surface area contributed by atoms with Crippen molar-refractivity contribution >= 4 is 57.0 Å². The van der Waals surface area contributed by atoms with Crippen LogP contribution < -0.4 is 21.1 Å². The van der Waals surface area contributed by atoms with Gasteiger partial charge in [0.1, 0.15) is 28.8 Å². The number of fused-ring (bicyclic) bond motifs is 3. The SMILES string of the molecule is CCOC(=O)NCC(C)Oc1cc(N)c(C=N)cc1Nc1ncnc2sc3c(c12)CCC(C(=O)N(C)C)C3. The van der Waals surface area contributed by atoms with Crippen molar-refractivity contribution in [2.75, 3.05) is 38.3 Å². The summed E-state index contributed by atoms with van der Waals surface area (Å²) in [5.41, 5.74) is 8.81. The molecule has 1 aromatic carbocycles. The van der Waals surface area contributed by atoms with E-state index in [2.05, 4.69) is 20.6 Å². The minimum absolute atomic E-state index is 0.0353. The molecule has 2 aromatic heterocycles. The number of nitrogen functional groups attached to an aromatic ring is 1. The number of nitrogens with two attached hydrogens (primary N) is 1. The average Bonchev–Trinajstić information content (AvgIpc) is 3.27. The van der Waals surface area contributed by atoms with Gasteiger partial charge >= 0.3 is 6.09 Å². The predicted molar refractivity (Wildman–Crippen MR) is 149 cm³/mol. The summed E-state index contributed by atoms with van der Waals surface area (Å²) in [6, 6.07) is 3.39. The van der Waals surface area contributed by atoms with E-state index >= 15 is 0 Å². The number of aromatic nitrogens is 2. The zero-order chi connectivity index (χ0) is 27.4. The van der Waals surface area contributed by atoms with Crippen LogP contribution in [0.1, 0.15) is 36.3 Å². The average molecular weight is 540 g/mol. The van der Waals surface area contributed by atoms with Crippen LogP contribution in [0.3, 0.4) is 0 Å². The Labute approximate surface area is 225 Å².